The molecule has 0 radical (unpaired) electrons. The molecule has 186 valence electrons. The first kappa shape index (κ1) is 26.2. The van der Waals surface area contributed by atoms with Crippen LogP contribution in [0.1, 0.15) is 26.5 Å². The minimum atomic E-state index is -0.624. The Morgan fingerprint density at radius 3 is 2.54 bits per heavy atom. The summed E-state index contributed by atoms with van der Waals surface area (Å²) in [4.78, 5) is 36.0. The normalized spacial score (nSPS) is 10.9. The molecule has 9 nitrogen and oxygen atoms in total. The van der Waals surface area contributed by atoms with Gasteiger partial charge in [0.2, 0.25) is 0 Å². The number of hydrogen-bond donors (Lipinski definition) is 2. The van der Waals surface area contributed by atoms with Gasteiger partial charge in [-0.15, -0.1) is 0 Å². The first-order valence-electron chi connectivity index (χ1n) is 10.9. The van der Waals surface area contributed by atoms with E-state index < -0.39 is 12.3 Å². The first-order chi connectivity index (χ1) is 16.9. The van der Waals surface area contributed by atoms with Gasteiger partial charge >= 0.3 is 6.03 Å². The van der Waals surface area contributed by atoms with Crippen LogP contribution in [0.25, 0.3) is 0 Å². The van der Waals surface area contributed by atoms with Crippen LogP contribution in [0.3, 0.4) is 0 Å². The second-order valence-corrected chi connectivity index (χ2v) is 8.63. The lowest BCUT2D eigenvalue weighted by Crippen LogP contribution is -2.42. The number of methoxy groups -OCH3 is 2. The quantitative estimate of drug-likeness (QED) is 0.389. The van der Waals surface area contributed by atoms with Crippen molar-refractivity contribution in [3.8, 4) is 0 Å². The number of benzene rings is 1. The molecule has 0 fully saturated rings. The number of nitrogens with one attached hydrogen (secondary N) is 2. The molecule has 2 aromatic heterocycles. The number of carbonyl (C=O) groups is 2. The van der Waals surface area contributed by atoms with Gasteiger partial charge in [0.15, 0.2) is 11.4 Å². The van der Waals surface area contributed by atoms with E-state index in [1.165, 1.54) is 31.3 Å². The van der Waals surface area contributed by atoms with Gasteiger partial charge in [0, 0.05) is 39.7 Å². The number of nitrogens with zero attached hydrogens (tertiary/aromatic N) is 3. The van der Waals surface area contributed by atoms with Gasteiger partial charge in [-0.2, -0.15) is 0 Å². The lowest BCUT2D eigenvalue weighted by Gasteiger charge is -2.26. The molecule has 3 amide bonds. The molecule has 0 unspecified atom stereocenters. The summed E-state index contributed by atoms with van der Waals surface area (Å²) in [5.41, 5.74) is 2.27. The number of aromatic nitrogens is 2. The first-order valence-corrected chi connectivity index (χ1v) is 11.7. The highest BCUT2D eigenvalue weighted by atomic mass is 32.1. The van der Waals surface area contributed by atoms with Crippen LogP contribution in [0.5, 0.6) is 0 Å². The lowest BCUT2D eigenvalue weighted by atomic mass is 10.1. The molecular formula is C24H28FN5O4S. The summed E-state index contributed by atoms with van der Waals surface area (Å²) in [6.07, 6.45) is 3.23. The number of hydrogen-bond acceptors (Lipinski definition) is 7. The smallest absolute Gasteiger partial charge is 0.323 e. The van der Waals surface area contributed by atoms with Crippen molar-refractivity contribution in [1.29, 1.82) is 0 Å². The van der Waals surface area contributed by atoms with E-state index in [1.807, 2.05) is 6.07 Å². The Hall–Kier alpha value is -3.41. The van der Waals surface area contributed by atoms with Crippen LogP contribution < -0.4 is 10.6 Å². The molecule has 0 aliphatic heterocycles. The van der Waals surface area contributed by atoms with Crippen LogP contribution in [0.2, 0.25) is 0 Å². The number of carbonyl (C=O) groups excluding carboxylic acids is 2. The predicted molar refractivity (Wildman–Crippen MR) is 131 cm³/mol. The number of halogens is 1. The number of amides is 3. The maximum atomic E-state index is 13.2. The topological polar surface area (TPSA) is 106 Å². The van der Waals surface area contributed by atoms with E-state index in [2.05, 4.69) is 20.6 Å². The largest absolute Gasteiger partial charge is 0.354 e. The third-order valence-electron chi connectivity index (χ3n) is 5.16. The fourth-order valence-corrected chi connectivity index (χ4v) is 4.09. The molecule has 0 aliphatic carbocycles. The third-order valence-corrected chi connectivity index (χ3v) is 6.23. The third kappa shape index (κ3) is 7.81. The van der Waals surface area contributed by atoms with Gasteiger partial charge in [-0.25, -0.2) is 14.2 Å². The van der Waals surface area contributed by atoms with Gasteiger partial charge in [0.05, 0.1) is 12.2 Å². The van der Waals surface area contributed by atoms with Crippen molar-refractivity contribution in [2.45, 2.75) is 26.2 Å². The average Bonchev–Trinajstić information content (AvgIpc) is 3.24. The number of thiazole rings is 1. The predicted octanol–water partition coefficient (Wildman–Crippen LogP) is 3.61. The van der Waals surface area contributed by atoms with Crippen molar-refractivity contribution in [2.75, 3.05) is 32.6 Å². The van der Waals surface area contributed by atoms with Crippen LogP contribution in [0.15, 0.2) is 48.8 Å². The summed E-state index contributed by atoms with van der Waals surface area (Å²) < 4.78 is 23.7. The fourth-order valence-electron chi connectivity index (χ4n) is 3.21. The molecule has 0 saturated heterocycles. The summed E-state index contributed by atoms with van der Waals surface area (Å²) in [5, 5.41) is 5.90. The number of urea groups is 1. The van der Waals surface area contributed by atoms with Crippen molar-refractivity contribution in [1.82, 2.24) is 20.2 Å². The zero-order valence-electron chi connectivity index (χ0n) is 19.8. The second kappa shape index (κ2) is 12.9. The number of pyridine rings is 1. The van der Waals surface area contributed by atoms with Gasteiger partial charge in [0.1, 0.15) is 10.7 Å². The summed E-state index contributed by atoms with van der Waals surface area (Å²) in [7, 11) is 2.98. The highest BCUT2D eigenvalue weighted by Crippen LogP contribution is 2.23. The molecule has 11 heteroatoms. The van der Waals surface area contributed by atoms with Crippen molar-refractivity contribution in [2.24, 2.45) is 0 Å². The van der Waals surface area contributed by atoms with E-state index in [4.69, 9.17) is 9.47 Å². The lowest BCUT2D eigenvalue weighted by molar-refractivity contribution is -0.110. The van der Waals surface area contributed by atoms with Gasteiger partial charge in [-0.05, 0) is 42.7 Å². The minimum Gasteiger partial charge on any atom is -0.354 e. The van der Waals surface area contributed by atoms with Crippen molar-refractivity contribution in [3.05, 3.63) is 76.3 Å². The van der Waals surface area contributed by atoms with Crippen LogP contribution in [0.4, 0.5) is 14.3 Å². The number of aryl methyl sites for hydroxylation is 1. The Morgan fingerprint density at radius 2 is 1.89 bits per heavy atom. The van der Waals surface area contributed by atoms with Gasteiger partial charge in [-0.3, -0.25) is 15.1 Å². The maximum absolute atomic E-state index is 13.2. The highest BCUT2D eigenvalue weighted by Gasteiger charge is 2.22. The van der Waals surface area contributed by atoms with E-state index in [0.717, 1.165) is 22.5 Å². The van der Waals surface area contributed by atoms with E-state index in [1.54, 1.807) is 37.5 Å². The van der Waals surface area contributed by atoms with Crippen LogP contribution >= 0.6 is 11.3 Å². The number of ether oxygens (including phenoxy) is 2. The van der Waals surface area contributed by atoms with Crippen LogP contribution in [-0.4, -0.2) is 60.4 Å². The summed E-state index contributed by atoms with van der Waals surface area (Å²) in [6.45, 7) is 2.55. The molecule has 0 saturated carbocycles. The van der Waals surface area contributed by atoms with Crippen LogP contribution in [-0.2, 0) is 22.4 Å². The fraction of sp³-hybridized carbons (Fsp3) is 0.333. The molecule has 2 N–H and O–H groups in total. The van der Waals surface area contributed by atoms with Gasteiger partial charge in [0.25, 0.3) is 5.91 Å². The van der Waals surface area contributed by atoms with E-state index in [9.17, 15) is 14.0 Å². The zero-order valence-corrected chi connectivity index (χ0v) is 20.6. The Balaban J connectivity index is 1.65. The Bertz CT molecular complexity index is 1110. The van der Waals surface area contributed by atoms with Crippen LogP contribution in [0, 0.1) is 12.7 Å². The highest BCUT2D eigenvalue weighted by molar-refractivity contribution is 7.17. The summed E-state index contributed by atoms with van der Waals surface area (Å²) in [5.74, 6) is -0.599. The Labute approximate surface area is 207 Å². The van der Waals surface area contributed by atoms with Gasteiger partial charge in [-0.1, -0.05) is 29.5 Å². The molecule has 0 bridgehead atoms. The van der Waals surface area contributed by atoms with E-state index in [0.29, 0.717) is 35.2 Å². The SMILES string of the molecule is COC(CN(CCc1ccc(F)cc1)C(=O)Nc1nc(C)c(C(=O)NCc2cccnc2)s1)OC. The molecule has 3 rings (SSSR count). The van der Waals surface area contributed by atoms with Crippen molar-refractivity contribution >= 4 is 28.4 Å². The molecule has 0 aliphatic rings. The van der Waals surface area contributed by atoms with E-state index >= 15 is 0 Å². The number of rotatable bonds is 11. The molecular weight excluding hydrogens is 473 g/mol. The second-order valence-electron chi connectivity index (χ2n) is 7.63. The minimum absolute atomic E-state index is 0.169. The molecule has 0 atom stereocenters. The Kier molecular flexibility index (Phi) is 9.65. The standard InChI is InChI=1S/C24H28FN5O4S/c1-16-21(22(31)27-14-18-5-4-11-26-13-18)35-23(28-16)29-24(32)30(15-20(33-2)34-3)12-10-17-6-8-19(25)9-7-17/h4-9,11,13,20H,10,12,14-15H2,1-3H3,(H,27,31)(H,28,29,32). The molecule has 2 heterocycles. The average molecular weight is 502 g/mol. The van der Waals surface area contributed by atoms with Crippen molar-refractivity contribution in [3.63, 3.8) is 0 Å². The molecule has 3 aromatic rings. The molecule has 0 spiro atoms. The zero-order chi connectivity index (χ0) is 25.2. The maximum Gasteiger partial charge on any atom is 0.323 e. The molecule has 35 heavy (non-hydrogen) atoms. The summed E-state index contributed by atoms with van der Waals surface area (Å²) >= 11 is 1.09. The van der Waals surface area contributed by atoms with E-state index in [-0.39, 0.29) is 18.3 Å². The summed E-state index contributed by atoms with van der Waals surface area (Å²) in [6, 6.07) is 9.37. The molecule has 1 aromatic carbocycles. The van der Waals surface area contributed by atoms with Gasteiger partial charge < -0.3 is 19.7 Å². The Morgan fingerprint density at radius 1 is 1.14 bits per heavy atom. The monoisotopic (exact) mass is 501 g/mol. The van der Waals surface area contributed by atoms with Crippen molar-refractivity contribution < 1.29 is 23.5 Å². The number of anilines is 1.